The van der Waals surface area contributed by atoms with Crippen LogP contribution in [-0.2, 0) is 20.9 Å². The van der Waals surface area contributed by atoms with Gasteiger partial charge in [-0.2, -0.15) is 0 Å². The largest absolute Gasteiger partial charge is 0.469 e. The molecule has 0 unspecified atom stereocenters. The van der Waals surface area contributed by atoms with Crippen LogP contribution in [0.25, 0.3) is 0 Å². The van der Waals surface area contributed by atoms with Gasteiger partial charge in [-0.1, -0.05) is 6.07 Å². The third-order valence-electron chi connectivity index (χ3n) is 2.65. The third kappa shape index (κ3) is 2.32. The van der Waals surface area contributed by atoms with Gasteiger partial charge in [0, 0.05) is 23.4 Å². The maximum Gasteiger partial charge on any atom is 0.315 e. The molecule has 2 amide bonds. The van der Waals surface area contributed by atoms with Crippen LogP contribution in [0.3, 0.4) is 0 Å². The number of amides is 2. The maximum absolute atomic E-state index is 11.5. The molecule has 0 atom stereocenters. The highest BCUT2D eigenvalue weighted by molar-refractivity contribution is 6.05. The lowest BCUT2D eigenvalue weighted by molar-refractivity contribution is -0.142. The highest BCUT2D eigenvalue weighted by atomic mass is 16.5. The van der Waals surface area contributed by atoms with Crippen LogP contribution in [0.5, 0.6) is 0 Å². The van der Waals surface area contributed by atoms with E-state index in [1.54, 1.807) is 18.2 Å². The van der Waals surface area contributed by atoms with Crippen LogP contribution in [0.1, 0.15) is 22.3 Å². The number of carbonyl (C=O) groups excluding carboxylic acids is 3. The fraction of sp³-hybridized carbons (Fsp3) is 0.250. The molecule has 0 saturated heterocycles. The van der Waals surface area contributed by atoms with Crippen LogP contribution in [0.4, 0.5) is 5.69 Å². The summed E-state index contributed by atoms with van der Waals surface area (Å²) in [6, 6.07) is 5.05. The van der Waals surface area contributed by atoms with Crippen LogP contribution in [0.2, 0.25) is 0 Å². The van der Waals surface area contributed by atoms with E-state index >= 15 is 0 Å². The van der Waals surface area contributed by atoms with E-state index in [1.807, 2.05) is 0 Å². The minimum Gasteiger partial charge on any atom is -0.469 e. The van der Waals surface area contributed by atoms with Crippen molar-refractivity contribution in [3.05, 3.63) is 29.3 Å². The summed E-state index contributed by atoms with van der Waals surface area (Å²) in [4.78, 5) is 33.9. The number of nitrogens with one attached hydrogen (secondary N) is 2. The van der Waals surface area contributed by atoms with E-state index in [1.165, 1.54) is 7.11 Å². The predicted molar refractivity (Wildman–Crippen MR) is 62.9 cm³/mol. The Hall–Kier alpha value is -2.37. The number of hydrogen-bond acceptors (Lipinski definition) is 4. The zero-order valence-corrected chi connectivity index (χ0v) is 9.78. The quantitative estimate of drug-likeness (QED) is 0.600. The second kappa shape index (κ2) is 4.87. The van der Waals surface area contributed by atoms with Crippen molar-refractivity contribution in [3.63, 3.8) is 0 Å². The highest BCUT2D eigenvalue weighted by Gasteiger charge is 2.22. The van der Waals surface area contributed by atoms with Gasteiger partial charge in [0.25, 0.3) is 5.91 Å². The van der Waals surface area contributed by atoms with Gasteiger partial charge in [0.2, 0.25) is 5.91 Å². The smallest absolute Gasteiger partial charge is 0.315 e. The average Bonchev–Trinajstić information content (AvgIpc) is 2.72. The van der Waals surface area contributed by atoms with Crippen molar-refractivity contribution in [1.82, 2.24) is 5.32 Å². The Morgan fingerprint density at radius 1 is 1.44 bits per heavy atom. The molecule has 1 heterocycles. The van der Waals surface area contributed by atoms with Gasteiger partial charge in [-0.15, -0.1) is 0 Å². The molecule has 1 aromatic carbocycles. The van der Waals surface area contributed by atoms with Crippen LogP contribution in [-0.4, -0.2) is 24.9 Å². The van der Waals surface area contributed by atoms with Crippen molar-refractivity contribution in [2.75, 3.05) is 12.4 Å². The van der Waals surface area contributed by atoms with Gasteiger partial charge in [-0.05, 0) is 12.1 Å². The van der Waals surface area contributed by atoms with E-state index in [0.29, 0.717) is 17.8 Å². The SMILES string of the molecule is COC(=O)CC(=O)Nc1cccc2c1CNC2=O. The van der Waals surface area contributed by atoms with Crippen LogP contribution in [0.15, 0.2) is 18.2 Å². The van der Waals surface area contributed by atoms with Crippen LogP contribution < -0.4 is 10.6 Å². The number of methoxy groups -OCH3 is 1. The lowest BCUT2D eigenvalue weighted by Gasteiger charge is -2.08. The summed E-state index contributed by atoms with van der Waals surface area (Å²) in [5, 5.41) is 5.26. The molecule has 0 bridgehead atoms. The number of benzene rings is 1. The van der Waals surface area contributed by atoms with Crippen molar-refractivity contribution in [3.8, 4) is 0 Å². The molecule has 2 N–H and O–H groups in total. The van der Waals surface area contributed by atoms with Gasteiger partial charge in [-0.3, -0.25) is 14.4 Å². The molecule has 1 aromatic rings. The molecule has 18 heavy (non-hydrogen) atoms. The van der Waals surface area contributed by atoms with Gasteiger partial charge in [0.1, 0.15) is 6.42 Å². The minimum absolute atomic E-state index is 0.158. The number of carbonyl (C=O) groups is 3. The topological polar surface area (TPSA) is 84.5 Å². The zero-order valence-electron chi connectivity index (χ0n) is 9.78. The maximum atomic E-state index is 11.5. The number of hydrogen-bond donors (Lipinski definition) is 2. The number of rotatable bonds is 3. The van der Waals surface area contributed by atoms with E-state index in [9.17, 15) is 14.4 Å². The lowest BCUT2D eigenvalue weighted by atomic mass is 10.1. The molecule has 2 rings (SSSR count). The Kier molecular flexibility index (Phi) is 3.27. The molecule has 1 aliphatic heterocycles. The van der Waals surface area contributed by atoms with Crippen molar-refractivity contribution in [1.29, 1.82) is 0 Å². The number of esters is 1. The summed E-state index contributed by atoms with van der Waals surface area (Å²) in [5.41, 5.74) is 1.83. The van der Waals surface area contributed by atoms with Crippen molar-refractivity contribution in [2.45, 2.75) is 13.0 Å². The molecule has 0 spiro atoms. The average molecular weight is 248 g/mol. The molecule has 0 aliphatic carbocycles. The molecule has 0 radical (unpaired) electrons. The second-order valence-electron chi connectivity index (χ2n) is 3.82. The minimum atomic E-state index is -0.603. The van der Waals surface area contributed by atoms with Gasteiger partial charge in [-0.25, -0.2) is 0 Å². The summed E-state index contributed by atoms with van der Waals surface area (Å²) in [6.45, 7) is 0.378. The first-order valence-electron chi connectivity index (χ1n) is 5.38. The molecule has 0 aromatic heterocycles. The zero-order chi connectivity index (χ0) is 13.1. The van der Waals surface area contributed by atoms with E-state index in [0.717, 1.165) is 5.56 Å². The highest BCUT2D eigenvalue weighted by Crippen LogP contribution is 2.24. The first kappa shape index (κ1) is 12.1. The Morgan fingerprint density at radius 2 is 2.22 bits per heavy atom. The first-order chi connectivity index (χ1) is 8.61. The van der Waals surface area contributed by atoms with E-state index in [-0.39, 0.29) is 12.3 Å². The molecule has 94 valence electrons. The van der Waals surface area contributed by atoms with E-state index in [4.69, 9.17) is 0 Å². The first-order valence-corrected chi connectivity index (χ1v) is 5.38. The summed E-state index contributed by atoms with van der Waals surface area (Å²) >= 11 is 0. The van der Waals surface area contributed by atoms with E-state index < -0.39 is 11.9 Å². The summed E-state index contributed by atoms with van der Waals surface area (Å²) in [7, 11) is 1.22. The number of ether oxygens (including phenoxy) is 1. The van der Waals surface area contributed by atoms with Crippen LogP contribution in [0, 0.1) is 0 Å². The Balaban J connectivity index is 2.14. The van der Waals surface area contributed by atoms with Crippen molar-refractivity contribution < 1.29 is 19.1 Å². The van der Waals surface area contributed by atoms with Crippen molar-refractivity contribution >= 4 is 23.5 Å². The Labute approximate surface area is 103 Å². The second-order valence-corrected chi connectivity index (χ2v) is 3.82. The van der Waals surface area contributed by atoms with Gasteiger partial charge < -0.3 is 15.4 Å². The Morgan fingerprint density at radius 3 is 2.94 bits per heavy atom. The van der Waals surface area contributed by atoms with Crippen molar-refractivity contribution in [2.24, 2.45) is 0 Å². The Bertz CT molecular complexity index is 525. The fourth-order valence-corrected chi connectivity index (χ4v) is 1.77. The molecule has 0 fully saturated rings. The molecular weight excluding hydrogens is 236 g/mol. The molecule has 0 saturated carbocycles. The number of anilines is 1. The third-order valence-corrected chi connectivity index (χ3v) is 2.65. The summed E-state index contributed by atoms with van der Waals surface area (Å²) in [6.07, 6.45) is -0.346. The summed E-state index contributed by atoms with van der Waals surface area (Å²) < 4.78 is 4.40. The summed E-state index contributed by atoms with van der Waals surface area (Å²) in [5.74, 6) is -1.22. The van der Waals surface area contributed by atoms with Crippen LogP contribution >= 0.6 is 0 Å². The van der Waals surface area contributed by atoms with Gasteiger partial charge in [0.15, 0.2) is 0 Å². The lowest BCUT2D eigenvalue weighted by Crippen LogP contribution is -2.18. The molecular formula is C12H12N2O4. The van der Waals surface area contributed by atoms with Gasteiger partial charge >= 0.3 is 5.97 Å². The standard InChI is InChI=1S/C12H12N2O4/c1-18-11(16)5-10(15)14-9-4-2-3-7-8(9)6-13-12(7)17/h2-4H,5-6H2,1H3,(H,13,17)(H,14,15). The molecule has 1 aliphatic rings. The number of fused-ring (bicyclic) bond motifs is 1. The molecule has 6 heteroatoms. The normalized spacial score (nSPS) is 12.6. The monoisotopic (exact) mass is 248 g/mol. The van der Waals surface area contributed by atoms with Gasteiger partial charge in [0.05, 0.1) is 7.11 Å². The molecule has 6 nitrogen and oxygen atoms in total. The fourth-order valence-electron chi connectivity index (χ4n) is 1.77. The predicted octanol–water partition coefficient (Wildman–Crippen LogP) is 0.432. The van der Waals surface area contributed by atoms with E-state index in [2.05, 4.69) is 15.4 Å².